The average molecular weight is 567 g/mol. The Morgan fingerprint density at radius 2 is 1.16 bits per heavy atom. The summed E-state index contributed by atoms with van der Waals surface area (Å²) in [7, 11) is -4.13. The normalized spacial score (nSPS) is 13.6. The Kier molecular flexibility index (Phi) is 7.75. The van der Waals surface area contributed by atoms with Crippen LogP contribution < -0.4 is 0 Å². The summed E-state index contributed by atoms with van der Waals surface area (Å²) in [6.45, 7) is 2.56. The molecule has 12 heteroatoms. The van der Waals surface area contributed by atoms with Gasteiger partial charge in [-0.3, -0.25) is 0 Å². The Labute approximate surface area is 214 Å². The van der Waals surface area contributed by atoms with Crippen molar-refractivity contribution in [2.45, 2.75) is 55.0 Å². The quantitative estimate of drug-likeness (QED) is 0.278. The molecule has 0 aliphatic rings. The topological polar surface area (TPSA) is 43.4 Å². The van der Waals surface area contributed by atoms with Crippen molar-refractivity contribution >= 4 is 9.84 Å². The van der Waals surface area contributed by atoms with Gasteiger partial charge < -0.3 is 4.74 Å². The molecule has 0 amide bonds. The van der Waals surface area contributed by atoms with E-state index in [2.05, 4.69) is 4.74 Å². The molecule has 3 aromatic rings. The SMILES string of the molecule is Cc1ccc(S(=O)(=O)C(C)(C)c2ccc(C(OCc3c(F)cccc3F)(C(F)(F)F)C(F)(F)F)cc2)cc1. The van der Waals surface area contributed by atoms with E-state index in [0.29, 0.717) is 24.3 Å². The lowest BCUT2D eigenvalue weighted by Gasteiger charge is -2.38. The molecule has 0 atom stereocenters. The van der Waals surface area contributed by atoms with E-state index in [1.807, 2.05) is 0 Å². The zero-order chi connectivity index (χ0) is 28.7. The number of rotatable bonds is 7. The third-order valence-electron chi connectivity index (χ3n) is 6.28. The fraction of sp³-hybridized carbons (Fsp3) is 0.308. The van der Waals surface area contributed by atoms with Gasteiger partial charge in [0.15, 0.2) is 9.84 Å². The molecule has 0 spiro atoms. The minimum atomic E-state index is -6.11. The minimum Gasteiger partial charge on any atom is -0.349 e. The van der Waals surface area contributed by atoms with Gasteiger partial charge in [-0.2, -0.15) is 26.3 Å². The molecule has 38 heavy (non-hydrogen) atoms. The molecular formula is C26H22F8O3S. The number of aryl methyl sites for hydroxylation is 1. The first-order valence-electron chi connectivity index (χ1n) is 11.0. The fourth-order valence-corrected chi connectivity index (χ4v) is 5.39. The molecule has 0 N–H and O–H groups in total. The smallest absolute Gasteiger partial charge is 0.349 e. The average Bonchev–Trinajstić information content (AvgIpc) is 2.80. The number of sulfone groups is 1. The van der Waals surface area contributed by atoms with E-state index in [-0.39, 0.29) is 10.5 Å². The van der Waals surface area contributed by atoms with Crippen LogP contribution in [0, 0.1) is 18.6 Å². The zero-order valence-electron chi connectivity index (χ0n) is 20.2. The molecular weight excluding hydrogens is 544 g/mol. The minimum absolute atomic E-state index is 0.0904. The van der Waals surface area contributed by atoms with Crippen LogP contribution in [0.4, 0.5) is 35.1 Å². The maximum atomic E-state index is 14.1. The van der Waals surface area contributed by atoms with Gasteiger partial charge in [-0.15, -0.1) is 0 Å². The van der Waals surface area contributed by atoms with Crippen molar-refractivity contribution in [3.05, 3.63) is 101 Å². The predicted octanol–water partition coefficient (Wildman–Crippen LogP) is 7.52. The van der Waals surface area contributed by atoms with Crippen LogP contribution >= 0.6 is 0 Å². The maximum absolute atomic E-state index is 14.1. The van der Waals surface area contributed by atoms with Crippen LogP contribution in [0.2, 0.25) is 0 Å². The second kappa shape index (κ2) is 9.96. The highest BCUT2D eigenvalue weighted by Crippen LogP contribution is 2.53. The highest BCUT2D eigenvalue weighted by Gasteiger charge is 2.73. The summed E-state index contributed by atoms with van der Waals surface area (Å²) >= 11 is 0. The van der Waals surface area contributed by atoms with Gasteiger partial charge in [0.05, 0.1) is 16.2 Å². The Hall–Kier alpha value is -2.99. The monoisotopic (exact) mass is 566 g/mol. The largest absolute Gasteiger partial charge is 0.430 e. The zero-order valence-corrected chi connectivity index (χ0v) is 21.0. The third kappa shape index (κ3) is 5.03. The number of benzene rings is 3. The van der Waals surface area contributed by atoms with Crippen molar-refractivity contribution in [3.8, 4) is 0 Å². The second-order valence-corrected chi connectivity index (χ2v) is 11.6. The van der Waals surface area contributed by atoms with Crippen LogP contribution in [-0.2, 0) is 31.5 Å². The molecule has 3 nitrogen and oxygen atoms in total. The van der Waals surface area contributed by atoms with Gasteiger partial charge in [0.1, 0.15) is 11.6 Å². The van der Waals surface area contributed by atoms with Crippen LogP contribution in [0.5, 0.6) is 0 Å². The van der Waals surface area contributed by atoms with Gasteiger partial charge in [0.25, 0.3) is 5.60 Å². The van der Waals surface area contributed by atoms with Crippen molar-refractivity contribution in [3.63, 3.8) is 0 Å². The van der Waals surface area contributed by atoms with Gasteiger partial charge in [-0.25, -0.2) is 17.2 Å². The van der Waals surface area contributed by atoms with Crippen LogP contribution in [0.25, 0.3) is 0 Å². The summed E-state index contributed by atoms with van der Waals surface area (Å²) in [5.41, 5.74) is -6.85. The summed E-state index contributed by atoms with van der Waals surface area (Å²) in [6, 6.07) is 10.5. The van der Waals surface area contributed by atoms with E-state index in [9.17, 15) is 43.5 Å². The van der Waals surface area contributed by atoms with E-state index in [1.54, 1.807) is 19.1 Å². The number of alkyl halides is 6. The van der Waals surface area contributed by atoms with Gasteiger partial charge in [-0.05, 0) is 50.6 Å². The second-order valence-electron chi connectivity index (χ2n) is 9.07. The summed E-state index contributed by atoms with van der Waals surface area (Å²) in [5.74, 6) is -2.77. The molecule has 0 saturated carbocycles. The maximum Gasteiger partial charge on any atom is 0.430 e. The summed E-state index contributed by atoms with van der Waals surface area (Å²) in [5, 5.41) is 0. The van der Waals surface area contributed by atoms with E-state index in [4.69, 9.17) is 0 Å². The molecule has 0 fully saturated rings. The van der Waals surface area contributed by atoms with E-state index in [0.717, 1.165) is 23.8 Å². The number of hydrogen-bond donors (Lipinski definition) is 0. The fourth-order valence-electron chi connectivity index (χ4n) is 3.86. The van der Waals surface area contributed by atoms with Crippen LogP contribution in [0.1, 0.15) is 36.1 Å². The Balaban J connectivity index is 2.10. The molecule has 206 valence electrons. The van der Waals surface area contributed by atoms with E-state index >= 15 is 0 Å². The molecule has 0 aliphatic heterocycles. The predicted molar refractivity (Wildman–Crippen MR) is 123 cm³/mol. The Bertz CT molecular complexity index is 1360. The lowest BCUT2D eigenvalue weighted by Crippen LogP contribution is -2.56. The van der Waals surface area contributed by atoms with Crippen molar-refractivity contribution in [2.24, 2.45) is 0 Å². The first-order chi connectivity index (χ1) is 17.4. The molecule has 0 unspecified atom stereocenters. The molecule has 0 aliphatic carbocycles. The van der Waals surface area contributed by atoms with Gasteiger partial charge in [0.2, 0.25) is 0 Å². The highest BCUT2D eigenvalue weighted by atomic mass is 32.2. The van der Waals surface area contributed by atoms with Crippen LogP contribution in [0.15, 0.2) is 71.6 Å². The standard InChI is InChI=1S/C26H22F8O3S/c1-16-7-13-19(14-8-16)38(35,36)23(2,3)17-9-11-18(12-10-17)24(25(29,30)31,26(32,33)34)37-15-20-21(27)5-4-6-22(20)28/h4-14H,15H2,1-3H3. The lowest BCUT2D eigenvalue weighted by molar-refractivity contribution is -0.392. The molecule has 0 saturated heterocycles. The molecule has 0 aromatic heterocycles. The van der Waals surface area contributed by atoms with Gasteiger partial charge >= 0.3 is 12.4 Å². The highest BCUT2D eigenvalue weighted by molar-refractivity contribution is 7.92. The van der Waals surface area contributed by atoms with Crippen molar-refractivity contribution in [2.75, 3.05) is 0 Å². The third-order valence-corrected chi connectivity index (χ3v) is 8.75. The Morgan fingerprint density at radius 1 is 0.711 bits per heavy atom. The van der Waals surface area contributed by atoms with Crippen LogP contribution in [-0.4, -0.2) is 20.8 Å². The number of hydrogen-bond acceptors (Lipinski definition) is 3. The van der Waals surface area contributed by atoms with Gasteiger partial charge in [0, 0.05) is 11.1 Å². The van der Waals surface area contributed by atoms with Crippen molar-refractivity contribution in [1.29, 1.82) is 0 Å². The first-order valence-corrected chi connectivity index (χ1v) is 12.5. The summed E-state index contributed by atoms with van der Waals surface area (Å²) < 4.78 is 142. The van der Waals surface area contributed by atoms with Crippen molar-refractivity contribution < 1.29 is 48.3 Å². The first kappa shape index (κ1) is 29.6. The number of ether oxygens (including phenoxy) is 1. The van der Waals surface area contributed by atoms with Crippen molar-refractivity contribution in [1.82, 2.24) is 0 Å². The Morgan fingerprint density at radius 3 is 1.61 bits per heavy atom. The van der Waals surface area contributed by atoms with Gasteiger partial charge in [-0.1, -0.05) is 48.0 Å². The van der Waals surface area contributed by atoms with Crippen LogP contribution in [0.3, 0.4) is 0 Å². The molecule has 0 heterocycles. The lowest BCUT2D eigenvalue weighted by atomic mass is 9.89. The number of halogens is 8. The molecule has 0 bridgehead atoms. The molecule has 3 rings (SSSR count). The molecule has 3 aromatic carbocycles. The molecule has 0 radical (unpaired) electrons. The van der Waals surface area contributed by atoms with E-state index in [1.165, 1.54) is 26.0 Å². The summed E-state index contributed by atoms with van der Waals surface area (Å²) in [4.78, 5) is -0.0904. The van der Waals surface area contributed by atoms with E-state index < -0.39 is 61.9 Å². The summed E-state index contributed by atoms with van der Waals surface area (Å²) in [6.07, 6.45) is -12.2.